The molecule has 0 radical (unpaired) electrons. The summed E-state index contributed by atoms with van der Waals surface area (Å²) in [7, 11) is 0. The third kappa shape index (κ3) is 2.87. The number of hydrogen-bond acceptors (Lipinski definition) is 3. The Kier molecular flexibility index (Phi) is 3.59. The highest BCUT2D eigenvalue weighted by molar-refractivity contribution is 5.68. The molecule has 0 aromatic heterocycles. The zero-order valence-electron chi connectivity index (χ0n) is 12.3. The Morgan fingerprint density at radius 1 is 1.33 bits per heavy atom. The number of carbonyl (C=O) groups excluding carboxylic acids is 1. The van der Waals surface area contributed by atoms with Crippen LogP contribution in [0.2, 0.25) is 0 Å². The first-order valence-corrected chi connectivity index (χ1v) is 7.46. The third-order valence-electron chi connectivity index (χ3n) is 4.74. The maximum absolute atomic E-state index is 12.1. The van der Waals surface area contributed by atoms with Crippen molar-refractivity contribution >= 4 is 6.09 Å². The fraction of sp³-hybridized carbons (Fsp3) is 0.529. The monoisotopic (exact) mass is 284 g/mol. The number of carbonyl (C=O) groups is 1. The predicted molar refractivity (Wildman–Crippen MR) is 78.1 cm³/mol. The van der Waals surface area contributed by atoms with E-state index in [9.17, 15) is 10.1 Å². The van der Waals surface area contributed by atoms with Gasteiger partial charge in [0.2, 0.25) is 0 Å². The molecule has 0 N–H and O–H groups in total. The quantitative estimate of drug-likeness (QED) is 0.838. The Bertz CT molecular complexity index is 550. The van der Waals surface area contributed by atoms with Crippen LogP contribution in [0.3, 0.4) is 0 Å². The summed E-state index contributed by atoms with van der Waals surface area (Å²) >= 11 is 0. The van der Waals surface area contributed by atoms with E-state index < -0.39 is 0 Å². The molecular weight excluding hydrogens is 264 g/mol. The molecule has 1 aliphatic heterocycles. The smallest absolute Gasteiger partial charge is 0.410 e. The molecule has 1 saturated heterocycles. The molecule has 1 amide bonds. The van der Waals surface area contributed by atoms with Gasteiger partial charge in [-0.3, -0.25) is 0 Å². The molecule has 110 valence electrons. The van der Waals surface area contributed by atoms with E-state index in [1.807, 2.05) is 37.3 Å². The van der Waals surface area contributed by atoms with Gasteiger partial charge in [-0.05, 0) is 37.2 Å². The highest BCUT2D eigenvalue weighted by atomic mass is 16.6. The first-order valence-electron chi connectivity index (χ1n) is 7.46. The van der Waals surface area contributed by atoms with Gasteiger partial charge >= 0.3 is 6.09 Å². The molecule has 1 aromatic carbocycles. The van der Waals surface area contributed by atoms with E-state index in [-0.39, 0.29) is 11.5 Å². The molecule has 4 heteroatoms. The molecule has 1 unspecified atom stereocenters. The summed E-state index contributed by atoms with van der Waals surface area (Å²) in [6.45, 7) is 3.82. The van der Waals surface area contributed by atoms with Crippen molar-refractivity contribution < 1.29 is 9.53 Å². The fourth-order valence-electron chi connectivity index (χ4n) is 3.69. The molecule has 1 aromatic rings. The topological polar surface area (TPSA) is 53.3 Å². The average molecular weight is 284 g/mol. The van der Waals surface area contributed by atoms with E-state index in [2.05, 4.69) is 6.07 Å². The minimum absolute atomic E-state index is 0.199. The number of rotatable bonds is 2. The zero-order chi connectivity index (χ0) is 14.9. The van der Waals surface area contributed by atoms with E-state index in [1.165, 1.54) is 0 Å². The zero-order valence-corrected chi connectivity index (χ0v) is 12.3. The Morgan fingerprint density at radius 2 is 1.95 bits per heavy atom. The maximum atomic E-state index is 12.1. The lowest BCUT2D eigenvalue weighted by Gasteiger charge is -2.20. The van der Waals surface area contributed by atoms with Gasteiger partial charge in [-0.15, -0.1) is 0 Å². The first-order chi connectivity index (χ1) is 10.1. The summed E-state index contributed by atoms with van der Waals surface area (Å²) in [5.41, 5.74) is 0.803. The Morgan fingerprint density at radius 3 is 2.52 bits per heavy atom. The first kappa shape index (κ1) is 13.9. The molecule has 2 aliphatic rings. The number of amides is 1. The molecule has 3 rings (SSSR count). The lowest BCUT2D eigenvalue weighted by molar-refractivity contribution is 0.100. The van der Waals surface area contributed by atoms with Crippen LogP contribution in [0.4, 0.5) is 4.79 Å². The van der Waals surface area contributed by atoms with Crippen LogP contribution >= 0.6 is 0 Å². The fourth-order valence-corrected chi connectivity index (χ4v) is 3.69. The number of nitrogens with zero attached hydrogens (tertiary/aromatic N) is 2. The highest BCUT2D eigenvalue weighted by Crippen LogP contribution is 2.48. The molecule has 4 nitrogen and oxygen atoms in total. The van der Waals surface area contributed by atoms with Crippen molar-refractivity contribution in [2.45, 2.75) is 26.4 Å². The summed E-state index contributed by atoms with van der Waals surface area (Å²) in [6.07, 6.45) is 1.57. The largest absolute Gasteiger partial charge is 0.445 e. The van der Waals surface area contributed by atoms with Crippen molar-refractivity contribution in [3.63, 3.8) is 0 Å². The van der Waals surface area contributed by atoms with Crippen LogP contribution in [0, 0.1) is 28.6 Å². The van der Waals surface area contributed by atoms with E-state index in [1.54, 1.807) is 4.90 Å². The standard InChI is InChI=1S/C17H20N2O2/c1-17(12-18)7-14-9-19(10-15(14)8-17)16(20)21-11-13-5-3-2-4-6-13/h2-6,14-15H,7-11H2,1H3/t14-,15+,17?. The number of likely N-dealkylation sites (tertiary alicyclic amines) is 1. The Balaban J connectivity index is 1.52. The van der Waals surface area contributed by atoms with E-state index in [0.717, 1.165) is 31.5 Å². The summed E-state index contributed by atoms with van der Waals surface area (Å²) in [5, 5.41) is 9.21. The summed E-state index contributed by atoms with van der Waals surface area (Å²) < 4.78 is 5.38. The number of benzene rings is 1. The average Bonchev–Trinajstić information content (AvgIpc) is 3.01. The maximum Gasteiger partial charge on any atom is 0.410 e. The molecule has 1 heterocycles. The molecule has 1 saturated carbocycles. The van der Waals surface area contributed by atoms with Gasteiger partial charge in [0.25, 0.3) is 0 Å². The van der Waals surface area contributed by atoms with E-state index >= 15 is 0 Å². The summed E-state index contributed by atoms with van der Waals surface area (Å²) in [4.78, 5) is 13.9. The van der Waals surface area contributed by atoms with Crippen LogP contribution < -0.4 is 0 Å². The lowest BCUT2D eigenvalue weighted by Crippen LogP contribution is -2.31. The predicted octanol–water partition coefficient (Wildman–Crippen LogP) is 3.19. The highest BCUT2D eigenvalue weighted by Gasteiger charge is 2.48. The van der Waals surface area contributed by atoms with Crippen molar-refractivity contribution in [2.75, 3.05) is 13.1 Å². The van der Waals surface area contributed by atoms with Crippen LogP contribution in [0.25, 0.3) is 0 Å². The van der Waals surface area contributed by atoms with Gasteiger partial charge in [0.15, 0.2) is 0 Å². The third-order valence-corrected chi connectivity index (χ3v) is 4.74. The second-order valence-electron chi connectivity index (χ2n) is 6.55. The SMILES string of the molecule is CC1(C#N)C[C@H]2CN(C(=O)OCc3ccccc3)C[C@H]2C1. The van der Waals surface area contributed by atoms with Gasteiger partial charge < -0.3 is 9.64 Å². The van der Waals surface area contributed by atoms with Crippen LogP contribution in [0.15, 0.2) is 30.3 Å². The van der Waals surface area contributed by atoms with Gasteiger partial charge in [-0.25, -0.2) is 4.79 Å². The Hall–Kier alpha value is -2.02. The number of nitriles is 1. The second-order valence-corrected chi connectivity index (χ2v) is 6.55. The van der Waals surface area contributed by atoms with Gasteiger partial charge in [0.1, 0.15) is 6.61 Å². The lowest BCUT2D eigenvalue weighted by atomic mass is 9.89. The van der Waals surface area contributed by atoms with Gasteiger partial charge in [-0.2, -0.15) is 5.26 Å². The second kappa shape index (κ2) is 5.40. The number of hydrogen-bond donors (Lipinski definition) is 0. The number of ether oxygens (including phenoxy) is 1. The van der Waals surface area contributed by atoms with Crippen molar-refractivity contribution in [3.8, 4) is 6.07 Å². The normalized spacial score (nSPS) is 30.8. The van der Waals surface area contributed by atoms with Crippen molar-refractivity contribution in [1.82, 2.24) is 4.90 Å². The van der Waals surface area contributed by atoms with E-state index in [4.69, 9.17) is 4.74 Å². The van der Waals surface area contributed by atoms with Crippen molar-refractivity contribution in [1.29, 1.82) is 5.26 Å². The molecule has 3 atom stereocenters. The van der Waals surface area contributed by atoms with Crippen LogP contribution in [-0.4, -0.2) is 24.1 Å². The molecule has 1 aliphatic carbocycles. The van der Waals surface area contributed by atoms with Crippen molar-refractivity contribution in [2.24, 2.45) is 17.3 Å². The minimum Gasteiger partial charge on any atom is -0.445 e. The van der Waals surface area contributed by atoms with Crippen LogP contribution in [-0.2, 0) is 11.3 Å². The molecule has 2 fully saturated rings. The minimum atomic E-state index is -0.230. The van der Waals surface area contributed by atoms with Crippen molar-refractivity contribution in [3.05, 3.63) is 35.9 Å². The molecule has 0 bridgehead atoms. The number of fused-ring (bicyclic) bond motifs is 1. The van der Waals surface area contributed by atoms with Gasteiger partial charge in [-0.1, -0.05) is 30.3 Å². The van der Waals surface area contributed by atoms with Gasteiger partial charge in [0.05, 0.1) is 11.5 Å². The van der Waals surface area contributed by atoms with Crippen LogP contribution in [0.5, 0.6) is 0 Å². The van der Waals surface area contributed by atoms with Crippen LogP contribution in [0.1, 0.15) is 25.3 Å². The van der Waals surface area contributed by atoms with E-state index in [0.29, 0.717) is 18.4 Å². The Labute approximate surface area is 125 Å². The molecule has 21 heavy (non-hydrogen) atoms. The molecule has 0 spiro atoms. The summed E-state index contributed by atoms with van der Waals surface area (Å²) in [6, 6.07) is 12.1. The molecular formula is C17H20N2O2. The summed E-state index contributed by atoms with van der Waals surface area (Å²) in [5.74, 6) is 0.915. The van der Waals surface area contributed by atoms with Gasteiger partial charge in [0, 0.05) is 13.1 Å².